The van der Waals surface area contributed by atoms with Crippen molar-refractivity contribution in [3.63, 3.8) is 0 Å². The molecule has 4 heterocycles. The second kappa shape index (κ2) is 6.80. The fraction of sp³-hybridized carbons (Fsp3) is 0.278. The normalized spacial score (nSPS) is 17.4. The zero-order chi connectivity index (χ0) is 17.1. The summed E-state index contributed by atoms with van der Waals surface area (Å²) in [4.78, 5) is 27.1. The van der Waals surface area contributed by atoms with E-state index < -0.39 is 0 Å². The maximum Gasteiger partial charge on any atom is 0.292 e. The van der Waals surface area contributed by atoms with Crippen molar-refractivity contribution in [2.75, 3.05) is 13.1 Å². The predicted octanol–water partition coefficient (Wildman–Crippen LogP) is 2.55. The number of amides is 1. The molecule has 3 aromatic heterocycles. The first-order valence-corrected chi connectivity index (χ1v) is 8.23. The number of piperidine rings is 1. The van der Waals surface area contributed by atoms with Gasteiger partial charge in [-0.25, -0.2) is 9.97 Å². The summed E-state index contributed by atoms with van der Waals surface area (Å²) in [6.07, 6.45) is 10.3. The van der Waals surface area contributed by atoms with Gasteiger partial charge in [-0.3, -0.25) is 9.78 Å². The van der Waals surface area contributed by atoms with Crippen molar-refractivity contribution < 1.29 is 9.32 Å². The summed E-state index contributed by atoms with van der Waals surface area (Å²) < 4.78 is 5.01. The van der Waals surface area contributed by atoms with Crippen LogP contribution < -0.4 is 0 Å². The molecule has 0 N–H and O–H groups in total. The third-order valence-corrected chi connectivity index (χ3v) is 4.48. The smallest absolute Gasteiger partial charge is 0.292 e. The molecule has 0 spiro atoms. The van der Waals surface area contributed by atoms with Gasteiger partial charge in [-0.1, -0.05) is 5.16 Å². The molecule has 1 amide bonds. The van der Waals surface area contributed by atoms with Gasteiger partial charge in [0.1, 0.15) is 6.33 Å². The van der Waals surface area contributed by atoms with Crippen LogP contribution in [0.1, 0.15) is 35.0 Å². The lowest BCUT2D eigenvalue weighted by Crippen LogP contribution is -2.39. The summed E-state index contributed by atoms with van der Waals surface area (Å²) in [7, 11) is 0. The molecule has 1 aliphatic heterocycles. The molecule has 0 bridgehead atoms. The molecule has 1 unspecified atom stereocenters. The third-order valence-electron chi connectivity index (χ3n) is 4.48. The van der Waals surface area contributed by atoms with Crippen molar-refractivity contribution in [2.45, 2.75) is 18.8 Å². The Kier molecular flexibility index (Phi) is 4.20. The lowest BCUT2D eigenvalue weighted by atomic mass is 9.90. The van der Waals surface area contributed by atoms with Gasteiger partial charge in [0.2, 0.25) is 5.76 Å². The molecular formula is C18H17N5O2. The number of carbonyl (C=O) groups is 1. The molecule has 0 aliphatic carbocycles. The molecule has 25 heavy (non-hydrogen) atoms. The maximum atomic E-state index is 12.5. The van der Waals surface area contributed by atoms with E-state index in [-0.39, 0.29) is 17.6 Å². The van der Waals surface area contributed by atoms with Gasteiger partial charge in [0, 0.05) is 49.2 Å². The minimum Gasteiger partial charge on any atom is -0.351 e. The highest BCUT2D eigenvalue weighted by Gasteiger charge is 2.29. The summed E-state index contributed by atoms with van der Waals surface area (Å²) in [6, 6.07) is 5.49. The Hall–Kier alpha value is -3.09. The molecule has 4 rings (SSSR count). The van der Waals surface area contributed by atoms with Crippen LogP contribution in [0.2, 0.25) is 0 Å². The first kappa shape index (κ1) is 15.4. The van der Waals surface area contributed by atoms with E-state index >= 15 is 0 Å². The Morgan fingerprint density at radius 3 is 2.84 bits per heavy atom. The first-order chi connectivity index (χ1) is 12.3. The molecule has 1 fully saturated rings. The average Bonchev–Trinajstić information content (AvgIpc) is 3.23. The highest BCUT2D eigenvalue weighted by atomic mass is 16.5. The van der Waals surface area contributed by atoms with Crippen LogP contribution in [0.5, 0.6) is 0 Å². The molecule has 3 aromatic rings. The molecular weight excluding hydrogens is 318 g/mol. The number of pyridine rings is 1. The highest BCUT2D eigenvalue weighted by Crippen LogP contribution is 2.32. The fourth-order valence-corrected chi connectivity index (χ4v) is 3.29. The van der Waals surface area contributed by atoms with Crippen LogP contribution in [0.4, 0.5) is 0 Å². The molecule has 7 nitrogen and oxygen atoms in total. The van der Waals surface area contributed by atoms with Crippen LogP contribution in [0.15, 0.2) is 53.8 Å². The van der Waals surface area contributed by atoms with Crippen molar-refractivity contribution in [2.24, 2.45) is 0 Å². The van der Waals surface area contributed by atoms with E-state index in [9.17, 15) is 4.79 Å². The van der Waals surface area contributed by atoms with Crippen molar-refractivity contribution in [1.82, 2.24) is 25.0 Å². The molecule has 7 heteroatoms. The van der Waals surface area contributed by atoms with Crippen molar-refractivity contribution in [1.29, 1.82) is 0 Å². The van der Waals surface area contributed by atoms with E-state index in [1.807, 2.05) is 23.2 Å². The standard InChI is InChI=1S/C18H17N5O2/c24-18(16-5-8-22-25-16)23-9-1-2-14(11-23)17-15(10-20-12-21-17)13-3-6-19-7-4-13/h3-8,10,12,14H,1-2,9,11H2. The molecule has 0 aromatic carbocycles. The minimum atomic E-state index is -0.123. The van der Waals surface area contributed by atoms with Gasteiger partial charge in [0.15, 0.2) is 0 Å². The van der Waals surface area contributed by atoms with E-state index in [0.717, 1.165) is 29.7 Å². The number of hydrogen-bond donors (Lipinski definition) is 0. The highest BCUT2D eigenvalue weighted by molar-refractivity contribution is 5.91. The predicted molar refractivity (Wildman–Crippen MR) is 89.6 cm³/mol. The van der Waals surface area contributed by atoms with Gasteiger partial charge in [-0.2, -0.15) is 0 Å². The van der Waals surface area contributed by atoms with Crippen LogP contribution in [-0.2, 0) is 0 Å². The zero-order valence-electron chi connectivity index (χ0n) is 13.6. The SMILES string of the molecule is O=C(c1ccno1)N1CCCC(c2ncncc2-c2ccncc2)C1. The molecule has 0 saturated carbocycles. The van der Waals surface area contributed by atoms with Gasteiger partial charge in [0.25, 0.3) is 5.91 Å². The number of nitrogens with zero attached hydrogens (tertiary/aromatic N) is 5. The van der Waals surface area contributed by atoms with Crippen LogP contribution >= 0.6 is 0 Å². The van der Waals surface area contributed by atoms with Crippen LogP contribution in [-0.4, -0.2) is 44.0 Å². The van der Waals surface area contributed by atoms with Crippen molar-refractivity contribution in [3.05, 3.63) is 60.8 Å². The first-order valence-electron chi connectivity index (χ1n) is 8.23. The van der Waals surface area contributed by atoms with Gasteiger partial charge in [0.05, 0.1) is 11.9 Å². The Balaban J connectivity index is 1.61. The number of rotatable bonds is 3. The lowest BCUT2D eigenvalue weighted by Gasteiger charge is -2.32. The molecule has 1 aliphatic rings. The second-order valence-electron chi connectivity index (χ2n) is 6.02. The largest absolute Gasteiger partial charge is 0.351 e. The number of aromatic nitrogens is 4. The van der Waals surface area contributed by atoms with Crippen LogP contribution in [0.25, 0.3) is 11.1 Å². The van der Waals surface area contributed by atoms with Gasteiger partial charge in [-0.15, -0.1) is 0 Å². The van der Waals surface area contributed by atoms with Crippen molar-refractivity contribution >= 4 is 5.91 Å². The summed E-state index contributed by atoms with van der Waals surface area (Å²) in [5, 5.41) is 3.62. The summed E-state index contributed by atoms with van der Waals surface area (Å²) in [5.41, 5.74) is 2.99. The van der Waals surface area contributed by atoms with E-state index in [4.69, 9.17) is 4.52 Å². The minimum absolute atomic E-state index is 0.123. The maximum absolute atomic E-state index is 12.5. The van der Waals surface area contributed by atoms with Crippen LogP contribution in [0, 0.1) is 0 Å². The summed E-state index contributed by atoms with van der Waals surface area (Å²) in [5.74, 6) is 0.311. The summed E-state index contributed by atoms with van der Waals surface area (Å²) in [6.45, 7) is 1.32. The van der Waals surface area contributed by atoms with Gasteiger partial charge >= 0.3 is 0 Å². The summed E-state index contributed by atoms with van der Waals surface area (Å²) >= 11 is 0. The third kappa shape index (κ3) is 3.13. The number of carbonyl (C=O) groups excluding carboxylic acids is 1. The van der Waals surface area contributed by atoms with Gasteiger partial charge < -0.3 is 9.42 Å². The topological polar surface area (TPSA) is 85.0 Å². The monoisotopic (exact) mass is 335 g/mol. The molecule has 0 radical (unpaired) electrons. The van der Waals surface area contributed by atoms with E-state index in [1.54, 1.807) is 24.8 Å². The van der Waals surface area contributed by atoms with E-state index in [2.05, 4.69) is 20.1 Å². The fourth-order valence-electron chi connectivity index (χ4n) is 3.29. The molecule has 1 atom stereocenters. The quantitative estimate of drug-likeness (QED) is 0.731. The average molecular weight is 335 g/mol. The van der Waals surface area contributed by atoms with Crippen LogP contribution in [0.3, 0.4) is 0 Å². The molecule has 1 saturated heterocycles. The van der Waals surface area contributed by atoms with Gasteiger partial charge in [-0.05, 0) is 30.5 Å². The Morgan fingerprint density at radius 1 is 1.16 bits per heavy atom. The Labute approximate surface area is 144 Å². The zero-order valence-corrected chi connectivity index (χ0v) is 13.6. The van der Waals surface area contributed by atoms with Crippen molar-refractivity contribution in [3.8, 4) is 11.1 Å². The molecule has 126 valence electrons. The Morgan fingerprint density at radius 2 is 2.04 bits per heavy atom. The van der Waals surface area contributed by atoms with E-state index in [1.165, 1.54) is 6.20 Å². The Bertz CT molecular complexity index is 851. The van der Waals surface area contributed by atoms with E-state index in [0.29, 0.717) is 13.1 Å². The number of likely N-dealkylation sites (tertiary alicyclic amines) is 1. The second-order valence-corrected chi connectivity index (χ2v) is 6.02. The number of hydrogen-bond acceptors (Lipinski definition) is 6. The lowest BCUT2D eigenvalue weighted by molar-refractivity contribution is 0.0664.